The summed E-state index contributed by atoms with van der Waals surface area (Å²) >= 11 is 1.42. The van der Waals surface area contributed by atoms with Gasteiger partial charge in [0.05, 0.1) is 4.88 Å². The highest BCUT2D eigenvalue weighted by molar-refractivity contribution is 7.16. The van der Waals surface area contributed by atoms with Crippen LogP contribution in [0.5, 0.6) is 0 Å². The van der Waals surface area contributed by atoms with Crippen LogP contribution in [-0.2, 0) is 0 Å². The first-order valence-corrected chi connectivity index (χ1v) is 6.08. The summed E-state index contributed by atoms with van der Waals surface area (Å²) in [5.41, 5.74) is 1.06. The zero-order valence-electron chi connectivity index (χ0n) is 8.96. The van der Waals surface area contributed by atoms with Crippen LogP contribution in [0.25, 0.3) is 21.3 Å². The molecule has 0 amide bonds. The molecule has 0 N–H and O–H groups in total. The van der Waals surface area contributed by atoms with Crippen LogP contribution in [0.2, 0.25) is 0 Å². The molecule has 0 aliphatic heterocycles. The van der Waals surface area contributed by atoms with E-state index in [0.717, 1.165) is 16.9 Å². The highest BCUT2D eigenvalue weighted by Gasteiger charge is 2.04. The van der Waals surface area contributed by atoms with Crippen molar-refractivity contribution in [3.05, 3.63) is 53.5 Å². The third kappa shape index (κ3) is 1.85. The summed E-state index contributed by atoms with van der Waals surface area (Å²) in [6, 6.07) is 14.4. The van der Waals surface area contributed by atoms with Crippen molar-refractivity contribution >= 4 is 28.4 Å². The van der Waals surface area contributed by atoms with E-state index >= 15 is 0 Å². The summed E-state index contributed by atoms with van der Waals surface area (Å²) < 4.78 is 0. The third-order valence-electron chi connectivity index (χ3n) is 2.64. The molecule has 0 aliphatic rings. The molecule has 0 saturated heterocycles. The Morgan fingerprint density at radius 2 is 1.88 bits per heavy atom. The Kier molecular flexibility index (Phi) is 2.46. The molecule has 0 radical (unpaired) electrons. The molecule has 0 unspecified atom stereocenters. The van der Waals surface area contributed by atoms with Crippen molar-refractivity contribution in [1.29, 1.82) is 0 Å². The average molecular weight is 239 g/mol. The van der Waals surface area contributed by atoms with Crippen LogP contribution in [-0.4, -0.2) is 11.3 Å². The van der Waals surface area contributed by atoms with E-state index in [9.17, 15) is 4.79 Å². The van der Waals surface area contributed by atoms with E-state index in [4.69, 9.17) is 0 Å². The maximum absolute atomic E-state index is 10.6. The van der Waals surface area contributed by atoms with Crippen molar-refractivity contribution in [2.75, 3.05) is 0 Å². The van der Waals surface area contributed by atoms with Crippen LogP contribution >= 0.6 is 11.3 Å². The SMILES string of the molecule is O=Cc1cnc(-c2ccc3ccccc3c2)s1. The van der Waals surface area contributed by atoms with E-state index in [1.165, 1.54) is 22.1 Å². The minimum Gasteiger partial charge on any atom is -0.297 e. The minimum absolute atomic E-state index is 0.660. The number of benzene rings is 2. The first-order chi connectivity index (χ1) is 8.36. The molecule has 17 heavy (non-hydrogen) atoms. The lowest BCUT2D eigenvalue weighted by atomic mass is 10.1. The average Bonchev–Trinajstić information content (AvgIpc) is 2.87. The zero-order chi connectivity index (χ0) is 11.7. The zero-order valence-corrected chi connectivity index (χ0v) is 9.78. The van der Waals surface area contributed by atoms with Crippen LogP contribution in [0.4, 0.5) is 0 Å². The Labute approximate surface area is 103 Å². The number of hydrogen-bond donors (Lipinski definition) is 0. The van der Waals surface area contributed by atoms with Gasteiger partial charge in [0.25, 0.3) is 0 Å². The van der Waals surface area contributed by atoms with Gasteiger partial charge >= 0.3 is 0 Å². The Morgan fingerprint density at radius 3 is 2.65 bits per heavy atom. The first-order valence-electron chi connectivity index (χ1n) is 5.27. The van der Waals surface area contributed by atoms with E-state index in [1.54, 1.807) is 6.20 Å². The smallest absolute Gasteiger partial charge is 0.161 e. The molecular weight excluding hydrogens is 230 g/mol. The van der Waals surface area contributed by atoms with E-state index in [1.807, 2.05) is 18.2 Å². The number of carbonyl (C=O) groups is 1. The molecule has 0 spiro atoms. The molecule has 0 aliphatic carbocycles. The van der Waals surface area contributed by atoms with E-state index in [2.05, 4.69) is 29.2 Å². The van der Waals surface area contributed by atoms with E-state index in [-0.39, 0.29) is 0 Å². The van der Waals surface area contributed by atoms with Crippen molar-refractivity contribution < 1.29 is 4.79 Å². The number of nitrogens with zero attached hydrogens (tertiary/aromatic N) is 1. The number of hydrogen-bond acceptors (Lipinski definition) is 3. The number of rotatable bonds is 2. The second-order valence-corrected chi connectivity index (χ2v) is 4.81. The van der Waals surface area contributed by atoms with Gasteiger partial charge in [0.15, 0.2) is 6.29 Å². The number of fused-ring (bicyclic) bond motifs is 1. The molecule has 2 nitrogen and oxygen atoms in total. The molecule has 2 aromatic carbocycles. The van der Waals surface area contributed by atoms with Gasteiger partial charge in [0.1, 0.15) is 5.01 Å². The van der Waals surface area contributed by atoms with Crippen molar-refractivity contribution in [3.8, 4) is 10.6 Å². The highest BCUT2D eigenvalue weighted by atomic mass is 32.1. The predicted molar refractivity (Wildman–Crippen MR) is 70.4 cm³/mol. The monoisotopic (exact) mass is 239 g/mol. The second-order valence-electron chi connectivity index (χ2n) is 3.75. The minimum atomic E-state index is 0.660. The summed E-state index contributed by atoms with van der Waals surface area (Å²) in [7, 11) is 0. The standard InChI is InChI=1S/C14H9NOS/c16-9-13-8-15-14(17-13)12-6-5-10-3-1-2-4-11(10)7-12/h1-9H. The molecule has 3 rings (SSSR count). The summed E-state index contributed by atoms with van der Waals surface area (Å²) in [6.07, 6.45) is 2.45. The Morgan fingerprint density at radius 1 is 1.06 bits per heavy atom. The lowest BCUT2D eigenvalue weighted by molar-refractivity contribution is 0.112. The van der Waals surface area contributed by atoms with Gasteiger partial charge in [-0.05, 0) is 16.8 Å². The summed E-state index contributed by atoms with van der Waals surface area (Å²) in [5.74, 6) is 0. The largest absolute Gasteiger partial charge is 0.297 e. The van der Waals surface area contributed by atoms with Gasteiger partial charge in [0, 0.05) is 11.8 Å². The number of carbonyl (C=O) groups excluding carboxylic acids is 1. The molecule has 0 bridgehead atoms. The van der Waals surface area contributed by atoms with Gasteiger partial charge < -0.3 is 0 Å². The van der Waals surface area contributed by atoms with Gasteiger partial charge in [-0.2, -0.15) is 0 Å². The molecule has 1 aromatic heterocycles. The first kappa shape index (κ1) is 10.2. The fourth-order valence-corrected chi connectivity index (χ4v) is 2.52. The lowest BCUT2D eigenvalue weighted by Gasteiger charge is -2.00. The Balaban J connectivity index is 2.14. The van der Waals surface area contributed by atoms with Crippen molar-refractivity contribution in [2.24, 2.45) is 0 Å². The summed E-state index contributed by atoms with van der Waals surface area (Å²) in [6.45, 7) is 0. The highest BCUT2D eigenvalue weighted by Crippen LogP contribution is 2.27. The fraction of sp³-hybridized carbons (Fsp3) is 0. The van der Waals surface area contributed by atoms with E-state index in [0.29, 0.717) is 4.88 Å². The second kappa shape index (κ2) is 4.11. The molecule has 0 saturated carbocycles. The van der Waals surface area contributed by atoms with Gasteiger partial charge in [-0.1, -0.05) is 36.4 Å². The summed E-state index contributed by atoms with van der Waals surface area (Å²) in [4.78, 5) is 15.5. The summed E-state index contributed by atoms with van der Waals surface area (Å²) in [5, 5.41) is 3.29. The van der Waals surface area contributed by atoms with E-state index < -0.39 is 0 Å². The molecular formula is C14H9NOS. The molecule has 3 aromatic rings. The topological polar surface area (TPSA) is 30.0 Å². The van der Waals surface area contributed by atoms with Gasteiger partial charge in [-0.25, -0.2) is 4.98 Å². The van der Waals surface area contributed by atoms with Gasteiger partial charge in [-0.15, -0.1) is 11.3 Å². The van der Waals surface area contributed by atoms with Crippen LogP contribution in [0, 0.1) is 0 Å². The van der Waals surface area contributed by atoms with Crippen LogP contribution in [0.15, 0.2) is 48.7 Å². The van der Waals surface area contributed by atoms with Crippen molar-refractivity contribution in [2.45, 2.75) is 0 Å². The Bertz CT molecular complexity index is 687. The lowest BCUT2D eigenvalue weighted by Crippen LogP contribution is -1.76. The van der Waals surface area contributed by atoms with Crippen LogP contribution in [0.3, 0.4) is 0 Å². The molecule has 3 heteroatoms. The molecule has 1 heterocycles. The number of aromatic nitrogens is 1. The van der Waals surface area contributed by atoms with Crippen LogP contribution in [0.1, 0.15) is 9.67 Å². The van der Waals surface area contributed by atoms with Crippen LogP contribution < -0.4 is 0 Å². The van der Waals surface area contributed by atoms with Gasteiger partial charge in [-0.3, -0.25) is 4.79 Å². The third-order valence-corrected chi connectivity index (χ3v) is 3.61. The predicted octanol–water partition coefficient (Wildman–Crippen LogP) is 3.78. The Hall–Kier alpha value is -2.00. The quantitative estimate of drug-likeness (QED) is 0.637. The van der Waals surface area contributed by atoms with Crippen molar-refractivity contribution in [3.63, 3.8) is 0 Å². The maximum Gasteiger partial charge on any atom is 0.161 e. The maximum atomic E-state index is 10.6. The normalized spacial score (nSPS) is 10.6. The number of aldehydes is 1. The molecule has 82 valence electrons. The fourth-order valence-electron chi connectivity index (χ4n) is 1.80. The number of thiazole rings is 1. The molecule has 0 atom stereocenters. The van der Waals surface area contributed by atoms with Gasteiger partial charge in [0.2, 0.25) is 0 Å². The molecule has 0 fully saturated rings. The van der Waals surface area contributed by atoms with Crippen molar-refractivity contribution in [1.82, 2.24) is 4.98 Å².